The third kappa shape index (κ3) is 6.03. The van der Waals surface area contributed by atoms with E-state index in [0.717, 1.165) is 26.7 Å². The van der Waals surface area contributed by atoms with Crippen LogP contribution >= 0.6 is 27.5 Å². The number of piperidine rings is 1. The number of carbonyl (C=O) groups is 1. The minimum Gasteiger partial charge on any atom is -0.455 e. The minimum absolute atomic E-state index is 0.158. The van der Waals surface area contributed by atoms with Crippen molar-refractivity contribution in [2.75, 3.05) is 18.4 Å². The van der Waals surface area contributed by atoms with E-state index in [2.05, 4.69) is 21.2 Å². The molecule has 0 aliphatic carbocycles. The molecule has 1 fully saturated rings. The summed E-state index contributed by atoms with van der Waals surface area (Å²) in [6.07, 6.45) is 0.880. The lowest BCUT2D eigenvalue weighted by atomic mass is 9.97. The standard InChI is InChI=1S/C28H30BrClN2O4S/c1-17-15-18(2)20(4)27(19(17)3)37(34,35)32-13-11-21(12-14-32)28(33)31-25-16-22(29)5-10-26(25)36-24-8-6-23(30)7-9-24/h5-10,15-16,21H,11-14H2,1-4H3,(H,31,33). The molecule has 3 aromatic carbocycles. The Labute approximate surface area is 232 Å². The number of hydrogen-bond acceptors (Lipinski definition) is 4. The summed E-state index contributed by atoms with van der Waals surface area (Å²) in [6.45, 7) is 8.17. The van der Waals surface area contributed by atoms with Gasteiger partial charge in [0.05, 0.1) is 10.6 Å². The van der Waals surface area contributed by atoms with Crippen LogP contribution in [0.1, 0.15) is 35.1 Å². The van der Waals surface area contributed by atoms with Crippen LogP contribution in [0.2, 0.25) is 5.02 Å². The molecule has 0 unspecified atom stereocenters. The van der Waals surface area contributed by atoms with E-state index in [0.29, 0.717) is 53.0 Å². The predicted molar refractivity (Wildman–Crippen MR) is 151 cm³/mol. The Bertz CT molecular complexity index is 1410. The number of carbonyl (C=O) groups excluding carboxylic acids is 1. The first-order valence-electron chi connectivity index (χ1n) is 12.1. The second-order valence-corrected chi connectivity index (χ2v) is 12.7. The number of nitrogens with zero attached hydrogens (tertiary/aromatic N) is 1. The molecule has 37 heavy (non-hydrogen) atoms. The molecule has 0 radical (unpaired) electrons. The Balaban J connectivity index is 1.46. The van der Waals surface area contributed by atoms with Gasteiger partial charge >= 0.3 is 0 Å². The average molecular weight is 606 g/mol. The summed E-state index contributed by atoms with van der Waals surface area (Å²) in [5.74, 6) is 0.627. The maximum atomic E-state index is 13.6. The fourth-order valence-electron chi connectivity index (χ4n) is 4.61. The van der Waals surface area contributed by atoms with Gasteiger partial charge in [0.15, 0.2) is 5.75 Å². The minimum atomic E-state index is -3.66. The third-order valence-corrected chi connectivity index (χ3v) is 9.88. The van der Waals surface area contributed by atoms with Crippen LogP contribution in [0.15, 0.2) is 57.9 Å². The molecule has 4 rings (SSSR count). The number of hydrogen-bond donors (Lipinski definition) is 1. The van der Waals surface area contributed by atoms with Crippen LogP contribution in [0, 0.1) is 33.6 Å². The molecule has 3 aromatic rings. The first-order chi connectivity index (χ1) is 17.5. The largest absolute Gasteiger partial charge is 0.455 e. The van der Waals surface area contributed by atoms with Crippen molar-refractivity contribution in [1.29, 1.82) is 0 Å². The molecule has 0 atom stereocenters. The molecule has 1 amide bonds. The molecule has 0 bridgehead atoms. The van der Waals surface area contributed by atoms with Gasteiger partial charge in [-0.25, -0.2) is 8.42 Å². The second-order valence-electron chi connectivity index (χ2n) is 9.45. The van der Waals surface area contributed by atoms with Gasteiger partial charge in [-0.2, -0.15) is 4.31 Å². The molecule has 9 heteroatoms. The first-order valence-corrected chi connectivity index (χ1v) is 14.7. The lowest BCUT2D eigenvalue weighted by Gasteiger charge is -2.32. The normalized spacial score (nSPS) is 15.0. The Morgan fingerprint density at radius 2 is 1.57 bits per heavy atom. The summed E-state index contributed by atoms with van der Waals surface area (Å²) >= 11 is 9.42. The summed E-state index contributed by atoms with van der Waals surface area (Å²) in [4.78, 5) is 13.6. The third-order valence-electron chi connectivity index (χ3n) is 6.96. The van der Waals surface area contributed by atoms with E-state index in [-0.39, 0.29) is 11.8 Å². The van der Waals surface area contributed by atoms with Crippen molar-refractivity contribution in [3.63, 3.8) is 0 Å². The highest BCUT2D eigenvalue weighted by atomic mass is 79.9. The first kappa shape index (κ1) is 27.6. The van der Waals surface area contributed by atoms with Crippen LogP contribution in [0.5, 0.6) is 11.5 Å². The number of sulfonamides is 1. The number of nitrogens with one attached hydrogen (secondary N) is 1. The van der Waals surface area contributed by atoms with Gasteiger partial charge in [-0.3, -0.25) is 4.79 Å². The molecule has 196 valence electrons. The van der Waals surface area contributed by atoms with Crippen molar-refractivity contribution < 1.29 is 17.9 Å². The maximum absolute atomic E-state index is 13.6. The van der Waals surface area contributed by atoms with Crippen LogP contribution < -0.4 is 10.1 Å². The molecule has 0 aromatic heterocycles. The fourth-order valence-corrected chi connectivity index (χ4v) is 7.14. The summed E-state index contributed by atoms with van der Waals surface area (Å²) in [7, 11) is -3.66. The molecule has 6 nitrogen and oxygen atoms in total. The lowest BCUT2D eigenvalue weighted by Crippen LogP contribution is -2.41. The van der Waals surface area contributed by atoms with Gasteiger partial charge in [-0.15, -0.1) is 0 Å². The van der Waals surface area contributed by atoms with Gasteiger partial charge in [0.1, 0.15) is 5.75 Å². The summed E-state index contributed by atoms with van der Waals surface area (Å²) in [5.41, 5.74) is 4.02. The van der Waals surface area contributed by atoms with Gasteiger partial charge in [0.25, 0.3) is 0 Å². The number of aryl methyl sites for hydroxylation is 2. The Hall–Kier alpha value is -2.39. The van der Waals surface area contributed by atoms with Gasteiger partial charge in [-0.05, 0) is 105 Å². The van der Waals surface area contributed by atoms with Crippen molar-refractivity contribution in [2.24, 2.45) is 5.92 Å². The van der Waals surface area contributed by atoms with Crippen molar-refractivity contribution in [1.82, 2.24) is 4.31 Å². The van der Waals surface area contributed by atoms with Crippen LogP contribution in [-0.2, 0) is 14.8 Å². The van der Waals surface area contributed by atoms with E-state index in [1.54, 1.807) is 36.4 Å². The van der Waals surface area contributed by atoms with Crippen LogP contribution in [0.3, 0.4) is 0 Å². The highest BCUT2D eigenvalue weighted by Crippen LogP contribution is 2.35. The SMILES string of the molecule is Cc1cc(C)c(C)c(S(=O)(=O)N2CCC(C(=O)Nc3cc(Br)ccc3Oc3ccc(Cl)cc3)CC2)c1C. The zero-order chi connectivity index (χ0) is 26.9. The molecular weight excluding hydrogens is 576 g/mol. The van der Waals surface area contributed by atoms with E-state index in [9.17, 15) is 13.2 Å². The van der Waals surface area contributed by atoms with Crippen molar-refractivity contribution in [2.45, 2.75) is 45.4 Å². The van der Waals surface area contributed by atoms with Gasteiger partial charge < -0.3 is 10.1 Å². The smallest absolute Gasteiger partial charge is 0.243 e. The van der Waals surface area contributed by atoms with E-state index in [4.69, 9.17) is 16.3 Å². The fraction of sp³-hybridized carbons (Fsp3) is 0.321. The number of amides is 1. The summed E-state index contributed by atoms with van der Waals surface area (Å²) < 4.78 is 35.4. The van der Waals surface area contributed by atoms with E-state index >= 15 is 0 Å². The molecule has 0 spiro atoms. The number of benzene rings is 3. The van der Waals surface area contributed by atoms with E-state index in [1.165, 1.54) is 4.31 Å². The molecule has 1 heterocycles. The maximum Gasteiger partial charge on any atom is 0.243 e. The highest BCUT2D eigenvalue weighted by Gasteiger charge is 2.34. The zero-order valence-corrected chi connectivity index (χ0v) is 24.4. The molecular formula is C28H30BrClN2O4S. The van der Waals surface area contributed by atoms with E-state index in [1.807, 2.05) is 39.8 Å². The molecule has 1 aliphatic rings. The highest BCUT2D eigenvalue weighted by molar-refractivity contribution is 9.10. The molecule has 1 aliphatic heterocycles. The lowest BCUT2D eigenvalue weighted by molar-refractivity contribution is -0.120. The topological polar surface area (TPSA) is 75.7 Å². The quantitative estimate of drug-likeness (QED) is 0.323. The molecule has 1 saturated heterocycles. The number of anilines is 1. The Morgan fingerprint density at radius 1 is 0.973 bits per heavy atom. The van der Waals surface area contributed by atoms with Crippen molar-refractivity contribution >= 4 is 49.1 Å². The number of halogens is 2. The van der Waals surface area contributed by atoms with Crippen LogP contribution in [-0.4, -0.2) is 31.7 Å². The second kappa shape index (κ2) is 11.2. The summed E-state index contributed by atoms with van der Waals surface area (Å²) in [5, 5.41) is 3.59. The van der Waals surface area contributed by atoms with Crippen LogP contribution in [0.25, 0.3) is 0 Å². The Morgan fingerprint density at radius 3 is 2.16 bits per heavy atom. The number of ether oxygens (including phenoxy) is 1. The Kier molecular flexibility index (Phi) is 8.33. The van der Waals surface area contributed by atoms with Gasteiger partial charge in [0, 0.05) is 28.5 Å². The molecule has 0 saturated carbocycles. The van der Waals surface area contributed by atoms with Crippen LogP contribution in [0.4, 0.5) is 5.69 Å². The van der Waals surface area contributed by atoms with Gasteiger partial charge in [0.2, 0.25) is 15.9 Å². The summed E-state index contributed by atoms with van der Waals surface area (Å²) in [6, 6.07) is 14.4. The average Bonchev–Trinajstić information content (AvgIpc) is 2.86. The number of rotatable bonds is 6. The van der Waals surface area contributed by atoms with Gasteiger partial charge in [-0.1, -0.05) is 33.6 Å². The van der Waals surface area contributed by atoms with E-state index < -0.39 is 10.0 Å². The monoisotopic (exact) mass is 604 g/mol. The predicted octanol–water partition coefficient (Wildman–Crippen LogP) is 7.17. The molecule has 1 N–H and O–H groups in total. The van der Waals surface area contributed by atoms with Crippen molar-refractivity contribution in [3.8, 4) is 11.5 Å². The zero-order valence-electron chi connectivity index (χ0n) is 21.3. The van der Waals surface area contributed by atoms with Crippen molar-refractivity contribution in [3.05, 3.63) is 80.3 Å².